The molecule has 5 heteroatoms. The molecule has 0 bridgehead atoms. The third-order valence-corrected chi connectivity index (χ3v) is 5.10. The van der Waals surface area contributed by atoms with Crippen LogP contribution in [0.25, 0.3) is 0 Å². The van der Waals surface area contributed by atoms with Crippen molar-refractivity contribution in [1.29, 1.82) is 0 Å². The van der Waals surface area contributed by atoms with Crippen LogP contribution in [-0.4, -0.2) is 42.9 Å². The van der Waals surface area contributed by atoms with Crippen LogP contribution in [0.15, 0.2) is 48.5 Å². The molecule has 4 rings (SSSR count). The molecule has 0 radical (unpaired) electrons. The maximum Gasteiger partial charge on any atom is 0.253 e. The first-order valence-corrected chi connectivity index (χ1v) is 9.23. The van der Waals surface area contributed by atoms with E-state index in [1.165, 1.54) is 5.56 Å². The number of nitrogens with one attached hydrogen (secondary N) is 1. The molecule has 2 aliphatic heterocycles. The summed E-state index contributed by atoms with van der Waals surface area (Å²) in [4.78, 5) is 29.0. The number of likely N-dealkylation sites (tertiary alicyclic amines) is 1. The van der Waals surface area contributed by atoms with Crippen molar-refractivity contribution in [2.75, 3.05) is 36.4 Å². The first-order chi connectivity index (χ1) is 12.7. The normalized spacial score (nSPS) is 15.8. The Hall–Kier alpha value is -2.82. The lowest BCUT2D eigenvalue weighted by molar-refractivity contribution is -0.115. The van der Waals surface area contributed by atoms with Crippen molar-refractivity contribution in [3.63, 3.8) is 0 Å². The van der Waals surface area contributed by atoms with Crippen molar-refractivity contribution < 1.29 is 9.59 Å². The second kappa shape index (κ2) is 7.20. The minimum absolute atomic E-state index is 0.0482. The summed E-state index contributed by atoms with van der Waals surface area (Å²) in [5.41, 5.74) is 3.74. The minimum atomic E-state index is -0.0625. The van der Waals surface area contributed by atoms with Crippen molar-refractivity contribution in [2.24, 2.45) is 0 Å². The molecule has 2 aliphatic rings. The minimum Gasteiger partial charge on any atom is -0.362 e. The molecule has 1 N–H and O–H groups in total. The quantitative estimate of drug-likeness (QED) is 0.923. The van der Waals surface area contributed by atoms with Gasteiger partial charge in [0.2, 0.25) is 5.91 Å². The molecule has 0 unspecified atom stereocenters. The number of fused-ring (bicyclic) bond motifs is 1. The van der Waals surface area contributed by atoms with E-state index in [4.69, 9.17) is 0 Å². The lowest BCUT2D eigenvalue weighted by Crippen LogP contribution is -2.32. The van der Waals surface area contributed by atoms with Gasteiger partial charge in [-0.3, -0.25) is 9.59 Å². The van der Waals surface area contributed by atoms with Gasteiger partial charge in [0, 0.05) is 36.6 Å². The molecular weight excluding hydrogens is 326 g/mol. The van der Waals surface area contributed by atoms with Crippen molar-refractivity contribution in [2.45, 2.75) is 19.3 Å². The summed E-state index contributed by atoms with van der Waals surface area (Å²) in [6.07, 6.45) is 3.11. The number of rotatable bonds is 4. The zero-order valence-electron chi connectivity index (χ0n) is 14.8. The van der Waals surface area contributed by atoms with Crippen molar-refractivity contribution in [3.05, 3.63) is 59.7 Å². The summed E-state index contributed by atoms with van der Waals surface area (Å²) < 4.78 is 0. The molecular formula is C21H23N3O2. The fourth-order valence-electron chi connectivity index (χ4n) is 3.78. The fraction of sp³-hybridized carbons (Fsp3) is 0.333. The summed E-state index contributed by atoms with van der Waals surface area (Å²) >= 11 is 0. The molecule has 0 spiro atoms. The number of hydrogen-bond acceptors (Lipinski definition) is 3. The highest BCUT2D eigenvalue weighted by molar-refractivity contribution is 5.98. The number of amides is 2. The molecule has 2 heterocycles. The van der Waals surface area contributed by atoms with E-state index in [2.05, 4.69) is 22.3 Å². The smallest absolute Gasteiger partial charge is 0.253 e. The molecule has 2 amide bonds. The van der Waals surface area contributed by atoms with Gasteiger partial charge in [-0.05, 0) is 49.1 Å². The number of carbonyl (C=O) groups is 2. The number of hydrogen-bond donors (Lipinski definition) is 1. The topological polar surface area (TPSA) is 52.7 Å². The van der Waals surface area contributed by atoms with Crippen LogP contribution in [0.5, 0.6) is 0 Å². The van der Waals surface area contributed by atoms with E-state index in [0.29, 0.717) is 17.8 Å². The lowest BCUT2D eigenvalue weighted by atomic mass is 10.1. The Kier molecular flexibility index (Phi) is 4.61. The van der Waals surface area contributed by atoms with Crippen LogP contribution in [0.2, 0.25) is 0 Å². The summed E-state index contributed by atoms with van der Waals surface area (Å²) in [5.74, 6) is -0.0143. The maximum atomic E-state index is 12.5. The SMILES string of the molecule is O=C(CN1CCc2ccccc21)Nc1cccc(C(=O)N2CCCC2)c1. The van der Waals surface area contributed by atoms with Gasteiger partial charge in [0.25, 0.3) is 5.91 Å². The number of benzene rings is 2. The largest absolute Gasteiger partial charge is 0.362 e. The highest BCUT2D eigenvalue weighted by Gasteiger charge is 2.22. The van der Waals surface area contributed by atoms with Gasteiger partial charge < -0.3 is 15.1 Å². The summed E-state index contributed by atoms with van der Waals surface area (Å²) in [7, 11) is 0. The van der Waals surface area contributed by atoms with Crippen LogP contribution in [0.4, 0.5) is 11.4 Å². The molecule has 1 saturated heterocycles. The first kappa shape index (κ1) is 16.6. The van der Waals surface area contributed by atoms with Gasteiger partial charge in [-0.15, -0.1) is 0 Å². The molecule has 0 saturated carbocycles. The van der Waals surface area contributed by atoms with Gasteiger partial charge in [-0.1, -0.05) is 24.3 Å². The molecule has 26 heavy (non-hydrogen) atoms. The van der Waals surface area contributed by atoms with Crippen LogP contribution < -0.4 is 10.2 Å². The Morgan fingerprint density at radius 2 is 1.77 bits per heavy atom. The molecule has 1 fully saturated rings. The monoisotopic (exact) mass is 349 g/mol. The second-order valence-corrected chi connectivity index (χ2v) is 6.93. The Morgan fingerprint density at radius 1 is 0.962 bits per heavy atom. The standard InChI is InChI=1S/C21H23N3O2/c25-20(15-24-13-10-16-6-1-2-9-19(16)24)22-18-8-5-7-17(14-18)21(26)23-11-3-4-12-23/h1-2,5-9,14H,3-4,10-13,15H2,(H,22,25). The van der Waals surface area contributed by atoms with Gasteiger partial charge in [-0.25, -0.2) is 0 Å². The predicted molar refractivity (Wildman–Crippen MR) is 103 cm³/mol. The van der Waals surface area contributed by atoms with E-state index in [0.717, 1.165) is 44.6 Å². The van der Waals surface area contributed by atoms with E-state index < -0.39 is 0 Å². The van der Waals surface area contributed by atoms with Crippen molar-refractivity contribution in [1.82, 2.24) is 4.90 Å². The average Bonchev–Trinajstić information content (AvgIpc) is 3.32. The van der Waals surface area contributed by atoms with E-state index in [9.17, 15) is 9.59 Å². The zero-order chi connectivity index (χ0) is 17.9. The molecule has 2 aromatic carbocycles. The van der Waals surface area contributed by atoms with E-state index in [1.54, 1.807) is 6.07 Å². The van der Waals surface area contributed by atoms with Gasteiger partial charge >= 0.3 is 0 Å². The second-order valence-electron chi connectivity index (χ2n) is 6.93. The molecule has 0 aliphatic carbocycles. The third kappa shape index (κ3) is 3.43. The van der Waals surface area contributed by atoms with Crippen molar-refractivity contribution in [3.8, 4) is 0 Å². The summed E-state index contributed by atoms with van der Waals surface area (Å²) in [6.45, 7) is 2.83. The van der Waals surface area contributed by atoms with Crippen LogP contribution in [0.1, 0.15) is 28.8 Å². The Balaban J connectivity index is 1.40. The van der Waals surface area contributed by atoms with Crippen LogP contribution in [0, 0.1) is 0 Å². The number of carbonyl (C=O) groups excluding carboxylic acids is 2. The van der Waals surface area contributed by atoms with Crippen LogP contribution in [-0.2, 0) is 11.2 Å². The van der Waals surface area contributed by atoms with E-state index in [-0.39, 0.29) is 11.8 Å². The summed E-state index contributed by atoms with van der Waals surface area (Å²) in [6, 6.07) is 15.4. The zero-order valence-corrected chi connectivity index (χ0v) is 14.8. The average molecular weight is 349 g/mol. The number of para-hydroxylation sites is 1. The molecule has 5 nitrogen and oxygen atoms in total. The molecule has 2 aromatic rings. The molecule has 0 atom stereocenters. The highest BCUT2D eigenvalue weighted by atomic mass is 16.2. The van der Waals surface area contributed by atoms with E-state index in [1.807, 2.05) is 35.2 Å². The van der Waals surface area contributed by atoms with Crippen LogP contribution in [0.3, 0.4) is 0 Å². The van der Waals surface area contributed by atoms with Gasteiger partial charge in [-0.2, -0.15) is 0 Å². The van der Waals surface area contributed by atoms with Gasteiger partial charge in [0.05, 0.1) is 6.54 Å². The first-order valence-electron chi connectivity index (χ1n) is 9.23. The Morgan fingerprint density at radius 3 is 2.62 bits per heavy atom. The maximum absolute atomic E-state index is 12.5. The fourth-order valence-corrected chi connectivity index (χ4v) is 3.78. The van der Waals surface area contributed by atoms with Crippen LogP contribution >= 0.6 is 0 Å². The number of anilines is 2. The van der Waals surface area contributed by atoms with Gasteiger partial charge in [0.15, 0.2) is 0 Å². The lowest BCUT2D eigenvalue weighted by Gasteiger charge is -2.19. The Bertz CT molecular complexity index is 828. The third-order valence-electron chi connectivity index (χ3n) is 5.10. The Labute approximate surface area is 153 Å². The molecule has 0 aromatic heterocycles. The van der Waals surface area contributed by atoms with E-state index >= 15 is 0 Å². The van der Waals surface area contributed by atoms with Gasteiger partial charge in [0.1, 0.15) is 0 Å². The van der Waals surface area contributed by atoms with Crippen molar-refractivity contribution >= 4 is 23.2 Å². The summed E-state index contributed by atoms with van der Waals surface area (Å²) in [5, 5.41) is 2.93. The predicted octanol–water partition coefficient (Wildman–Crippen LogP) is 2.92. The highest BCUT2D eigenvalue weighted by Crippen LogP contribution is 2.27. The number of nitrogens with zero attached hydrogens (tertiary/aromatic N) is 2. The molecule has 134 valence electrons.